The van der Waals surface area contributed by atoms with E-state index >= 15 is 0 Å². The average Bonchev–Trinajstić information content (AvgIpc) is 2.14. The molecular weight excluding hydrogens is 208 g/mol. The van der Waals surface area contributed by atoms with Crippen molar-refractivity contribution < 1.29 is 19.3 Å². The molecule has 1 N–H and O–H groups in total. The van der Waals surface area contributed by atoms with Crippen LogP contribution in [0.3, 0.4) is 0 Å². The predicted molar refractivity (Wildman–Crippen MR) is 60.9 cm³/mol. The third-order valence-electron chi connectivity index (χ3n) is 2.38. The number of aliphatic hydroxyl groups excluding tert-OH is 1. The van der Waals surface area contributed by atoms with Crippen LogP contribution in [0, 0.1) is 0 Å². The molecule has 1 rings (SSSR count). The van der Waals surface area contributed by atoms with E-state index in [2.05, 4.69) is 0 Å². The summed E-state index contributed by atoms with van der Waals surface area (Å²) in [7, 11) is 1.59. The second-order valence-corrected chi connectivity index (χ2v) is 5.20. The van der Waals surface area contributed by atoms with Gasteiger partial charge in [-0.3, -0.25) is 0 Å². The summed E-state index contributed by atoms with van der Waals surface area (Å²) in [5, 5.41) is 9.13. The van der Waals surface area contributed by atoms with Crippen LogP contribution in [0.1, 0.15) is 34.1 Å². The zero-order valence-corrected chi connectivity index (χ0v) is 10.7. The van der Waals surface area contributed by atoms with E-state index < -0.39 is 5.79 Å². The lowest BCUT2D eigenvalue weighted by molar-refractivity contribution is -0.223. The molecule has 16 heavy (non-hydrogen) atoms. The smallest absolute Gasteiger partial charge is 0.209 e. The lowest BCUT2D eigenvalue weighted by atomic mass is 10.0. The fourth-order valence-corrected chi connectivity index (χ4v) is 1.72. The van der Waals surface area contributed by atoms with Gasteiger partial charge in [0.25, 0.3) is 0 Å². The molecule has 0 amide bonds. The molecule has 2 atom stereocenters. The molecule has 0 saturated heterocycles. The Balaban J connectivity index is 2.78. The zero-order valence-electron chi connectivity index (χ0n) is 10.7. The van der Waals surface area contributed by atoms with Crippen LogP contribution < -0.4 is 0 Å². The van der Waals surface area contributed by atoms with Gasteiger partial charge in [0.05, 0.1) is 11.7 Å². The molecule has 94 valence electrons. The summed E-state index contributed by atoms with van der Waals surface area (Å²) in [5.74, 6) is -0.215. The minimum absolute atomic E-state index is 0.0964. The van der Waals surface area contributed by atoms with E-state index in [1.807, 2.05) is 33.8 Å². The first-order chi connectivity index (χ1) is 7.28. The van der Waals surface area contributed by atoms with Gasteiger partial charge in [-0.05, 0) is 26.8 Å². The first-order valence-corrected chi connectivity index (χ1v) is 5.51. The van der Waals surface area contributed by atoms with Crippen LogP contribution in [0.5, 0.6) is 0 Å². The van der Waals surface area contributed by atoms with Crippen molar-refractivity contribution in [3.05, 3.63) is 11.8 Å². The van der Waals surface area contributed by atoms with E-state index in [1.54, 1.807) is 7.11 Å². The molecule has 4 nitrogen and oxygen atoms in total. The number of rotatable bonds is 3. The molecule has 0 aromatic carbocycles. The molecule has 1 aliphatic rings. The highest BCUT2D eigenvalue weighted by Gasteiger charge is 2.36. The van der Waals surface area contributed by atoms with E-state index in [0.29, 0.717) is 12.2 Å². The molecule has 0 aromatic rings. The summed E-state index contributed by atoms with van der Waals surface area (Å²) in [6.45, 7) is 7.70. The second-order valence-electron chi connectivity index (χ2n) is 5.20. The maximum absolute atomic E-state index is 9.13. The monoisotopic (exact) mass is 230 g/mol. The quantitative estimate of drug-likeness (QED) is 0.803. The molecule has 0 radical (unpaired) electrons. The maximum Gasteiger partial charge on any atom is 0.209 e. The van der Waals surface area contributed by atoms with Crippen molar-refractivity contribution in [2.75, 3.05) is 13.7 Å². The number of hydrogen-bond acceptors (Lipinski definition) is 4. The molecule has 0 aliphatic carbocycles. The van der Waals surface area contributed by atoms with Crippen molar-refractivity contribution in [1.29, 1.82) is 0 Å². The SMILES string of the molecule is CO[C@]1(C)C[C@@H](OC(C)(C)C)C=C(CO)O1. The van der Waals surface area contributed by atoms with Gasteiger partial charge in [0.2, 0.25) is 5.79 Å². The van der Waals surface area contributed by atoms with Gasteiger partial charge in [-0.15, -0.1) is 0 Å². The standard InChI is InChI=1S/C12H22O4/c1-11(2,3)15-9-6-10(8-13)16-12(4,7-9)14-5/h6,9,13H,7-8H2,1-5H3/t9-,12-/m0/s1. The van der Waals surface area contributed by atoms with Crippen LogP contribution in [0.25, 0.3) is 0 Å². The van der Waals surface area contributed by atoms with Gasteiger partial charge in [-0.2, -0.15) is 0 Å². The van der Waals surface area contributed by atoms with Crippen molar-refractivity contribution in [2.45, 2.75) is 51.6 Å². The van der Waals surface area contributed by atoms with Crippen molar-refractivity contribution in [2.24, 2.45) is 0 Å². The van der Waals surface area contributed by atoms with Gasteiger partial charge < -0.3 is 19.3 Å². The summed E-state index contributed by atoms with van der Waals surface area (Å²) in [4.78, 5) is 0. The van der Waals surface area contributed by atoms with E-state index in [4.69, 9.17) is 19.3 Å². The van der Waals surface area contributed by atoms with Crippen LogP contribution in [0.2, 0.25) is 0 Å². The fourth-order valence-electron chi connectivity index (χ4n) is 1.72. The first-order valence-electron chi connectivity index (χ1n) is 5.51. The van der Waals surface area contributed by atoms with Gasteiger partial charge in [0.1, 0.15) is 12.4 Å². The summed E-state index contributed by atoms with van der Waals surface area (Å²) in [5.41, 5.74) is -0.228. The Morgan fingerprint density at radius 3 is 2.62 bits per heavy atom. The van der Waals surface area contributed by atoms with E-state index in [1.165, 1.54) is 0 Å². The lowest BCUT2D eigenvalue weighted by Crippen LogP contribution is -2.41. The highest BCUT2D eigenvalue weighted by molar-refractivity contribution is 5.05. The summed E-state index contributed by atoms with van der Waals surface area (Å²) in [6.07, 6.45) is 2.33. The Hall–Kier alpha value is -0.580. The average molecular weight is 230 g/mol. The van der Waals surface area contributed by atoms with E-state index in [9.17, 15) is 0 Å². The Bertz CT molecular complexity index is 267. The van der Waals surface area contributed by atoms with Gasteiger partial charge >= 0.3 is 0 Å². The number of hydrogen-bond donors (Lipinski definition) is 1. The number of ether oxygens (including phenoxy) is 3. The lowest BCUT2D eigenvalue weighted by Gasteiger charge is -2.38. The molecule has 0 unspecified atom stereocenters. The van der Waals surface area contributed by atoms with Gasteiger partial charge in [-0.25, -0.2) is 0 Å². The van der Waals surface area contributed by atoms with E-state index in [-0.39, 0.29) is 18.3 Å². The van der Waals surface area contributed by atoms with Gasteiger partial charge in [0, 0.05) is 20.5 Å². The van der Waals surface area contributed by atoms with Crippen LogP contribution in [-0.4, -0.2) is 36.3 Å². The highest BCUT2D eigenvalue weighted by atomic mass is 16.7. The molecule has 1 aliphatic heterocycles. The molecule has 1 heterocycles. The summed E-state index contributed by atoms with van der Waals surface area (Å²) >= 11 is 0. The largest absolute Gasteiger partial charge is 0.465 e. The summed E-state index contributed by atoms with van der Waals surface area (Å²) < 4.78 is 16.7. The predicted octanol–water partition coefficient (Wildman–Crippen LogP) is 1.83. The number of methoxy groups -OCH3 is 1. The topological polar surface area (TPSA) is 47.9 Å². The molecule has 0 bridgehead atoms. The third-order valence-corrected chi connectivity index (χ3v) is 2.38. The first kappa shape index (κ1) is 13.5. The van der Waals surface area contributed by atoms with Crippen LogP contribution in [0.4, 0.5) is 0 Å². The highest BCUT2D eigenvalue weighted by Crippen LogP contribution is 2.31. The summed E-state index contributed by atoms with van der Waals surface area (Å²) in [6, 6.07) is 0. The van der Waals surface area contributed by atoms with Crippen molar-refractivity contribution >= 4 is 0 Å². The van der Waals surface area contributed by atoms with Crippen LogP contribution >= 0.6 is 0 Å². The minimum atomic E-state index is -0.720. The zero-order chi connectivity index (χ0) is 12.4. The molecule has 0 saturated carbocycles. The molecule has 4 heteroatoms. The number of aliphatic hydroxyl groups is 1. The maximum atomic E-state index is 9.13. The molecule has 0 aromatic heterocycles. The fraction of sp³-hybridized carbons (Fsp3) is 0.833. The second kappa shape index (κ2) is 4.73. The van der Waals surface area contributed by atoms with Crippen molar-refractivity contribution in [3.8, 4) is 0 Å². The molecule has 0 spiro atoms. The van der Waals surface area contributed by atoms with E-state index in [0.717, 1.165) is 0 Å². The Labute approximate surface area is 97.2 Å². The van der Waals surface area contributed by atoms with Crippen LogP contribution in [-0.2, 0) is 14.2 Å². The Morgan fingerprint density at radius 2 is 2.19 bits per heavy atom. The normalized spacial score (nSPS) is 30.9. The minimum Gasteiger partial charge on any atom is -0.465 e. The Morgan fingerprint density at radius 1 is 1.56 bits per heavy atom. The third kappa shape index (κ3) is 3.77. The molecular formula is C12H22O4. The van der Waals surface area contributed by atoms with Gasteiger partial charge in [-0.1, -0.05) is 0 Å². The van der Waals surface area contributed by atoms with Crippen LogP contribution in [0.15, 0.2) is 11.8 Å². The Kier molecular flexibility index (Phi) is 3.99. The van der Waals surface area contributed by atoms with Crippen molar-refractivity contribution in [1.82, 2.24) is 0 Å². The molecule has 0 fully saturated rings. The van der Waals surface area contributed by atoms with Gasteiger partial charge in [0.15, 0.2) is 0 Å². The van der Waals surface area contributed by atoms with Crippen molar-refractivity contribution in [3.63, 3.8) is 0 Å².